The summed E-state index contributed by atoms with van der Waals surface area (Å²) in [6.45, 7) is 28.2. The molecule has 2 rings (SSSR count). The maximum Gasteiger partial charge on any atom is -1.00 e. The van der Waals surface area contributed by atoms with Crippen LogP contribution in [0.4, 0.5) is 0 Å². The van der Waals surface area contributed by atoms with E-state index in [-0.39, 0.29) is 24.8 Å². The molecule has 0 radical (unpaired) electrons. The molecule has 0 aliphatic heterocycles. The molecule has 0 spiro atoms. The van der Waals surface area contributed by atoms with Crippen molar-refractivity contribution in [3.8, 4) is 0 Å². The van der Waals surface area contributed by atoms with Crippen molar-refractivity contribution in [1.82, 2.24) is 0 Å². The first kappa shape index (κ1) is 36.1. The van der Waals surface area contributed by atoms with Crippen molar-refractivity contribution in [2.24, 2.45) is 0 Å². The number of halogens is 2. The van der Waals surface area contributed by atoms with Crippen LogP contribution >= 0.6 is 0 Å². The minimum Gasteiger partial charge on any atom is -1.00 e. The summed E-state index contributed by atoms with van der Waals surface area (Å²) in [5.74, 6) is 0. The van der Waals surface area contributed by atoms with E-state index < -0.39 is 54.0 Å². The molecule has 0 saturated carbocycles. The quantitative estimate of drug-likeness (QED) is 0.297. The molecular weight excluding hydrogens is 619 g/mol. The fraction of sp³-hybridized carbons (Fsp3) is 0.654. The van der Waals surface area contributed by atoms with E-state index in [9.17, 15) is 0 Å². The smallest absolute Gasteiger partial charge is 1.00 e. The summed E-state index contributed by atoms with van der Waals surface area (Å²) in [6, 6.07) is 2.49. The van der Waals surface area contributed by atoms with Crippen molar-refractivity contribution < 1.29 is 54.9 Å². The van der Waals surface area contributed by atoms with Crippen molar-refractivity contribution in [3.05, 3.63) is 41.3 Å². The average Bonchev–Trinajstić information content (AvgIpc) is 3.31. The van der Waals surface area contributed by atoms with Gasteiger partial charge in [-0.25, -0.2) is 0 Å². The first-order valence-electron chi connectivity index (χ1n) is 12.8. The third-order valence-electron chi connectivity index (χ3n) is 6.81. The fourth-order valence-corrected chi connectivity index (χ4v) is 17.2. The van der Waals surface area contributed by atoms with Crippen molar-refractivity contribution in [2.75, 3.05) is 13.2 Å². The van der Waals surface area contributed by atoms with Gasteiger partial charge < -0.3 is 24.8 Å². The number of allylic oxidation sites excluding steroid dienone is 8. The molecule has 0 fully saturated rings. The Morgan fingerprint density at radius 3 is 1.31 bits per heavy atom. The Balaban J connectivity index is 0.00000578. The Morgan fingerprint density at radius 2 is 1.03 bits per heavy atom. The van der Waals surface area contributed by atoms with Crippen LogP contribution in [-0.4, -0.2) is 49.7 Å². The molecule has 0 unspecified atom stereocenters. The van der Waals surface area contributed by atoms with Gasteiger partial charge >= 0.3 is 218 Å². The van der Waals surface area contributed by atoms with Crippen LogP contribution in [0.25, 0.3) is 0 Å². The molecule has 0 aromatic carbocycles. The molecular formula is C26H50Cl2O2Si4Zr. The third-order valence-corrected chi connectivity index (χ3v) is 22.2. The molecule has 0 saturated heterocycles. The van der Waals surface area contributed by atoms with Gasteiger partial charge in [-0.05, 0) is 0 Å². The van der Waals surface area contributed by atoms with Crippen LogP contribution in [-0.2, 0) is 30.1 Å². The van der Waals surface area contributed by atoms with E-state index in [4.69, 9.17) is 8.85 Å². The van der Waals surface area contributed by atoms with Crippen LogP contribution in [0.5, 0.6) is 0 Å². The van der Waals surface area contributed by atoms with E-state index in [2.05, 4.69) is 100 Å². The molecule has 2 aliphatic rings. The van der Waals surface area contributed by atoms with Gasteiger partial charge in [0.25, 0.3) is 0 Å². The standard InChI is InChI=1S/2C12H23OSi2.C2H4.2ClH.Zr/c2*1-14(2,3)13-10-11-15(4,5)12-8-6-7-9-12;1-2;;;/h2*8-9H,6,10-11H2,1-5H3;1H,2H3;2*1H;/q;;;;;+2/p-2. The van der Waals surface area contributed by atoms with Gasteiger partial charge in [0, 0.05) is 0 Å². The summed E-state index contributed by atoms with van der Waals surface area (Å²) in [4.78, 5) is 0. The summed E-state index contributed by atoms with van der Waals surface area (Å²) < 4.78 is 18.6. The Labute approximate surface area is 241 Å². The normalized spacial score (nSPS) is 16.3. The number of hydrogen-bond acceptors (Lipinski definition) is 2. The molecule has 0 amide bonds. The topological polar surface area (TPSA) is 18.5 Å². The summed E-state index contributed by atoms with van der Waals surface area (Å²) in [5, 5.41) is 3.36. The van der Waals surface area contributed by atoms with Gasteiger partial charge in [-0.1, -0.05) is 0 Å². The molecule has 35 heavy (non-hydrogen) atoms. The van der Waals surface area contributed by atoms with Gasteiger partial charge in [0.1, 0.15) is 0 Å². The van der Waals surface area contributed by atoms with Crippen molar-refractivity contribution >= 4 is 36.5 Å². The van der Waals surface area contributed by atoms with E-state index in [0.717, 1.165) is 13.2 Å². The molecule has 0 heterocycles. The van der Waals surface area contributed by atoms with Gasteiger partial charge in [0.15, 0.2) is 0 Å². The van der Waals surface area contributed by atoms with Crippen LogP contribution in [0, 0.1) is 0 Å². The monoisotopic (exact) mass is 666 g/mol. The van der Waals surface area contributed by atoms with Gasteiger partial charge in [-0.2, -0.15) is 0 Å². The summed E-state index contributed by atoms with van der Waals surface area (Å²) in [5.41, 5.74) is 0. The first-order chi connectivity index (χ1) is 15.0. The van der Waals surface area contributed by atoms with Crippen LogP contribution in [0.15, 0.2) is 41.3 Å². The zero-order valence-corrected chi connectivity index (χ0v) is 32.2. The molecule has 0 aromatic heterocycles. The second-order valence-corrected chi connectivity index (χ2v) is 38.3. The molecule has 0 aromatic rings. The molecule has 2 nitrogen and oxygen atoms in total. The van der Waals surface area contributed by atoms with Gasteiger partial charge in [-0.15, -0.1) is 0 Å². The van der Waals surface area contributed by atoms with E-state index in [0.29, 0.717) is 0 Å². The van der Waals surface area contributed by atoms with Crippen LogP contribution < -0.4 is 24.8 Å². The predicted molar refractivity (Wildman–Crippen MR) is 156 cm³/mol. The fourth-order valence-electron chi connectivity index (χ4n) is 4.46. The van der Waals surface area contributed by atoms with Gasteiger partial charge in [0.2, 0.25) is 0 Å². The second kappa shape index (κ2) is 14.5. The Kier molecular flexibility index (Phi) is 14.9. The SMILES string of the molecule is C[CH]=[Zr+2]([C]1=CC([Si](C)(C)CCO[Si](C)(C)C)=CC1)[C]1=CC([Si](C)(C)CCO[Si](C)(C)C)=CC1.[Cl-].[Cl-]. The second-order valence-electron chi connectivity index (χ2n) is 13.0. The predicted octanol–water partition coefficient (Wildman–Crippen LogP) is 2.06. The molecule has 0 atom stereocenters. The summed E-state index contributed by atoms with van der Waals surface area (Å²) in [7, 11) is -5.67. The summed E-state index contributed by atoms with van der Waals surface area (Å²) in [6.07, 6.45) is 12.9. The van der Waals surface area contributed by atoms with Crippen molar-refractivity contribution in [2.45, 2.75) is 97.3 Å². The van der Waals surface area contributed by atoms with Crippen molar-refractivity contribution in [1.29, 1.82) is 0 Å². The van der Waals surface area contributed by atoms with Crippen LogP contribution in [0.3, 0.4) is 0 Å². The molecule has 200 valence electrons. The molecule has 0 N–H and O–H groups in total. The Hall–Kier alpha value is 1.08. The zero-order chi connectivity index (χ0) is 25.1. The number of hydrogen-bond donors (Lipinski definition) is 0. The van der Waals surface area contributed by atoms with E-state index in [1.807, 2.05) is 0 Å². The zero-order valence-electron chi connectivity index (χ0n) is 24.2. The number of rotatable bonds is 12. The maximum atomic E-state index is 6.20. The molecule has 0 bridgehead atoms. The van der Waals surface area contributed by atoms with Gasteiger partial charge in [-0.3, -0.25) is 0 Å². The van der Waals surface area contributed by atoms with Crippen molar-refractivity contribution in [3.63, 3.8) is 0 Å². The van der Waals surface area contributed by atoms with Gasteiger partial charge in [0.05, 0.1) is 0 Å². The Morgan fingerprint density at radius 1 is 0.686 bits per heavy atom. The largest absolute Gasteiger partial charge is 1.00 e. The third kappa shape index (κ3) is 11.8. The Bertz CT molecular complexity index is 809. The van der Waals surface area contributed by atoms with Crippen LogP contribution in [0.1, 0.15) is 19.8 Å². The van der Waals surface area contributed by atoms with E-state index in [1.165, 1.54) is 24.9 Å². The molecule has 2 aliphatic carbocycles. The minimum absolute atomic E-state index is 0. The van der Waals surface area contributed by atoms with E-state index in [1.54, 1.807) is 17.0 Å². The maximum absolute atomic E-state index is 6.20. The minimum atomic E-state index is -1.84. The molecule has 9 heteroatoms. The average molecular weight is 669 g/mol. The van der Waals surface area contributed by atoms with Crippen LogP contribution in [0.2, 0.25) is 77.6 Å². The van der Waals surface area contributed by atoms with E-state index >= 15 is 0 Å². The first-order valence-corrected chi connectivity index (χ1v) is 29.9. The summed E-state index contributed by atoms with van der Waals surface area (Å²) >= 11 is -1.84.